The summed E-state index contributed by atoms with van der Waals surface area (Å²) in [6.45, 7) is 10.4. The SMILES string of the molecule is CCOc1cc(C[NH+]2CC[NH+](C[C@@H]3C[C@H]4C=C[C@H]3C4)CC2)ccc1OC. The van der Waals surface area contributed by atoms with Gasteiger partial charge in [0.25, 0.3) is 0 Å². The molecule has 1 saturated heterocycles. The van der Waals surface area contributed by atoms with Gasteiger partial charge in [0.15, 0.2) is 11.5 Å². The molecule has 0 amide bonds. The van der Waals surface area contributed by atoms with Crippen LogP contribution in [-0.4, -0.2) is 46.4 Å². The van der Waals surface area contributed by atoms with Crippen LogP contribution in [-0.2, 0) is 6.54 Å². The van der Waals surface area contributed by atoms with Crippen LogP contribution in [0.3, 0.4) is 0 Å². The van der Waals surface area contributed by atoms with E-state index >= 15 is 0 Å². The molecule has 1 saturated carbocycles. The number of hydrogen-bond donors (Lipinski definition) is 2. The molecule has 4 heteroatoms. The molecule has 1 aromatic carbocycles. The Balaban J connectivity index is 1.27. The lowest BCUT2D eigenvalue weighted by atomic mass is 9.93. The maximum atomic E-state index is 5.73. The van der Waals surface area contributed by atoms with Crippen LogP contribution in [0, 0.1) is 17.8 Å². The lowest BCUT2D eigenvalue weighted by molar-refractivity contribution is -1.02. The maximum absolute atomic E-state index is 5.73. The van der Waals surface area contributed by atoms with Crippen molar-refractivity contribution in [2.24, 2.45) is 17.8 Å². The molecule has 0 spiro atoms. The van der Waals surface area contributed by atoms with Crippen molar-refractivity contribution < 1.29 is 19.3 Å². The van der Waals surface area contributed by atoms with Crippen molar-refractivity contribution in [1.29, 1.82) is 0 Å². The summed E-state index contributed by atoms with van der Waals surface area (Å²) in [5.41, 5.74) is 1.35. The molecule has 142 valence electrons. The van der Waals surface area contributed by atoms with Crippen molar-refractivity contribution in [3.63, 3.8) is 0 Å². The largest absolute Gasteiger partial charge is 0.493 e. The summed E-state index contributed by atoms with van der Waals surface area (Å²) in [7, 11) is 1.71. The van der Waals surface area contributed by atoms with Crippen molar-refractivity contribution in [3.05, 3.63) is 35.9 Å². The topological polar surface area (TPSA) is 27.3 Å². The fraction of sp³-hybridized carbons (Fsp3) is 0.636. The molecule has 0 radical (unpaired) electrons. The molecule has 26 heavy (non-hydrogen) atoms. The van der Waals surface area contributed by atoms with Gasteiger partial charge in [-0.3, -0.25) is 0 Å². The molecule has 2 N–H and O–H groups in total. The van der Waals surface area contributed by atoms with Gasteiger partial charge in [0.1, 0.15) is 32.7 Å². The molecule has 4 rings (SSSR count). The van der Waals surface area contributed by atoms with Crippen LogP contribution in [0.1, 0.15) is 25.3 Å². The summed E-state index contributed by atoms with van der Waals surface area (Å²) in [5, 5.41) is 0. The number of piperazine rings is 1. The third-order valence-electron chi connectivity index (χ3n) is 6.61. The Labute approximate surface area is 157 Å². The van der Waals surface area contributed by atoms with Crippen LogP contribution in [0.2, 0.25) is 0 Å². The predicted molar refractivity (Wildman–Crippen MR) is 103 cm³/mol. The maximum Gasteiger partial charge on any atom is 0.161 e. The number of benzene rings is 1. The molecule has 3 atom stereocenters. The molecular formula is C22H34N2O2+2. The van der Waals surface area contributed by atoms with E-state index in [0.717, 1.165) is 35.8 Å². The van der Waals surface area contributed by atoms with Gasteiger partial charge in [-0.15, -0.1) is 0 Å². The Hall–Kier alpha value is -1.52. The van der Waals surface area contributed by atoms with Crippen LogP contribution in [0.25, 0.3) is 0 Å². The van der Waals surface area contributed by atoms with E-state index in [1.54, 1.807) is 12.0 Å². The normalized spacial score (nSPS) is 32.8. The minimum atomic E-state index is 0.674. The minimum Gasteiger partial charge on any atom is -0.493 e. The first-order chi connectivity index (χ1) is 12.7. The summed E-state index contributed by atoms with van der Waals surface area (Å²) in [4.78, 5) is 3.54. The van der Waals surface area contributed by atoms with Crippen LogP contribution >= 0.6 is 0 Å². The van der Waals surface area contributed by atoms with Gasteiger partial charge in [0.05, 0.1) is 20.3 Å². The summed E-state index contributed by atoms with van der Waals surface area (Å²) in [5.74, 6) is 4.47. The molecule has 2 bridgehead atoms. The molecule has 1 heterocycles. The number of fused-ring (bicyclic) bond motifs is 2. The molecule has 1 aromatic rings. The summed E-state index contributed by atoms with van der Waals surface area (Å²) >= 11 is 0. The standard InChI is InChI=1S/C22H32N2O2/c1-3-26-22-14-18(5-7-21(22)25-2)15-23-8-10-24(11-9-23)16-20-13-17-4-6-19(20)12-17/h4-7,14,17,19-20H,3,8-13,15-16H2,1-2H3/p+2/t17-,19-,20-/m0/s1. The highest BCUT2D eigenvalue weighted by atomic mass is 16.5. The zero-order valence-electron chi connectivity index (χ0n) is 16.3. The number of methoxy groups -OCH3 is 1. The zero-order chi connectivity index (χ0) is 17.9. The van der Waals surface area contributed by atoms with Gasteiger partial charge in [-0.25, -0.2) is 0 Å². The lowest BCUT2D eigenvalue weighted by Crippen LogP contribution is -3.27. The highest BCUT2D eigenvalue weighted by Gasteiger charge is 2.38. The quantitative estimate of drug-likeness (QED) is 0.698. The molecule has 0 aromatic heterocycles. The van der Waals surface area contributed by atoms with Crippen molar-refractivity contribution in [3.8, 4) is 11.5 Å². The first-order valence-electron chi connectivity index (χ1n) is 10.4. The van der Waals surface area contributed by atoms with E-state index in [1.807, 2.05) is 17.9 Å². The zero-order valence-corrected chi connectivity index (χ0v) is 16.3. The molecule has 4 nitrogen and oxygen atoms in total. The minimum absolute atomic E-state index is 0.674. The van der Waals surface area contributed by atoms with E-state index in [9.17, 15) is 0 Å². The fourth-order valence-electron chi connectivity index (χ4n) is 5.23. The third kappa shape index (κ3) is 3.91. The molecule has 2 fully saturated rings. The second kappa shape index (κ2) is 8.01. The average Bonchev–Trinajstić information content (AvgIpc) is 3.27. The molecule has 3 aliphatic rings. The van der Waals surface area contributed by atoms with E-state index in [0.29, 0.717) is 6.61 Å². The van der Waals surface area contributed by atoms with E-state index in [-0.39, 0.29) is 0 Å². The number of allylic oxidation sites excluding steroid dienone is 2. The van der Waals surface area contributed by atoms with Gasteiger partial charge in [-0.05, 0) is 49.8 Å². The Morgan fingerprint density at radius 2 is 1.81 bits per heavy atom. The first-order valence-corrected chi connectivity index (χ1v) is 10.4. The second-order valence-electron chi connectivity index (χ2n) is 8.34. The van der Waals surface area contributed by atoms with E-state index in [1.165, 1.54) is 51.1 Å². The monoisotopic (exact) mass is 358 g/mol. The first kappa shape index (κ1) is 17.9. The Bertz CT molecular complexity index is 637. The molecule has 2 aliphatic carbocycles. The smallest absolute Gasteiger partial charge is 0.161 e. The van der Waals surface area contributed by atoms with Crippen molar-refractivity contribution in [1.82, 2.24) is 0 Å². The van der Waals surface area contributed by atoms with Gasteiger partial charge in [0, 0.05) is 11.5 Å². The predicted octanol–water partition coefficient (Wildman–Crippen LogP) is 0.590. The number of hydrogen-bond acceptors (Lipinski definition) is 2. The van der Waals surface area contributed by atoms with Gasteiger partial charge in [-0.1, -0.05) is 12.2 Å². The highest BCUT2D eigenvalue weighted by molar-refractivity contribution is 5.42. The van der Waals surface area contributed by atoms with Gasteiger partial charge >= 0.3 is 0 Å². The molecule has 0 unspecified atom stereocenters. The third-order valence-corrected chi connectivity index (χ3v) is 6.61. The fourth-order valence-corrected chi connectivity index (χ4v) is 5.23. The summed E-state index contributed by atoms with van der Waals surface area (Å²) < 4.78 is 11.1. The van der Waals surface area contributed by atoms with E-state index in [2.05, 4.69) is 24.3 Å². The Morgan fingerprint density at radius 1 is 1.00 bits per heavy atom. The van der Waals surface area contributed by atoms with Crippen molar-refractivity contribution >= 4 is 0 Å². The molecule has 1 aliphatic heterocycles. The van der Waals surface area contributed by atoms with Gasteiger partial charge in [0.2, 0.25) is 0 Å². The Kier molecular flexibility index (Phi) is 5.51. The van der Waals surface area contributed by atoms with Crippen LogP contribution in [0.5, 0.6) is 11.5 Å². The van der Waals surface area contributed by atoms with Gasteiger partial charge < -0.3 is 19.3 Å². The van der Waals surface area contributed by atoms with Crippen LogP contribution in [0.4, 0.5) is 0 Å². The van der Waals surface area contributed by atoms with E-state index in [4.69, 9.17) is 9.47 Å². The van der Waals surface area contributed by atoms with E-state index < -0.39 is 0 Å². The number of nitrogens with one attached hydrogen (secondary N) is 2. The average molecular weight is 359 g/mol. The van der Waals surface area contributed by atoms with Gasteiger partial charge in [-0.2, -0.15) is 0 Å². The summed E-state index contributed by atoms with van der Waals surface area (Å²) in [6.07, 6.45) is 7.85. The molecular weight excluding hydrogens is 324 g/mol. The number of quaternary nitrogens is 2. The van der Waals surface area contributed by atoms with Crippen molar-refractivity contribution in [2.75, 3.05) is 46.4 Å². The number of rotatable bonds is 7. The lowest BCUT2D eigenvalue weighted by Gasteiger charge is -2.32. The highest BCUT2D eigenvalue weighted by Crippen LogP contribution is 2.42. The van der Waals surface area contributed by atoms with Crippen LogP contribution in [0.15, 0.2) is 30.4 Å². The number of ether oxygens (including phenoxy) is 2. The Morgan fingerprint density at radius 3 is 2.46 bits per heavy atom. The van der Waals surface area contributed by atoms with Crippen molar-refractivity contribution in [2.45, 2.75) is 26.3 Å². The van der Waals surface area contributed by atoms with Crippen LogP contribution < -0.4 is 19.3 Å². The second-order valence-corrected chi connectivity index (χ2v) is 8.34. The summed E-state index contributed by atoms with van der Waals surface area (Å²) in [6, 6.07) is 6.40.